The number of aromatic amines is 4. The number of ketones is 3. The lowest BCUT2D eigenvalue weighted by molar-refractivity contribution is 0.00261. The van der Waals surface area contributed by atoms with Crippen LogP contribution in [-0.2, 0) is 135 Å². The third-order valence-electron chi connectivity index (χ3n) is 20.8. The maximum atomic E-state index is 13.6. The number of hydrogen-bond donors (Lipinski definition) is 8. The summed E-state index contributed by atoms with van der Waals surface area (Å²) in [7, 11) is -12.7. The summed E-state index contributed by atoms with van der Waals surface area (Å²) in [6.45, 7) is 8.82. The molecule has 0 saturated heterocycles. The Kier molecular flexibility index (Phi) is 39.4. The van der Waals surface area contributed by atoms with Crippen LogP contribution in [0.4, 0.5) is 33.0 Å². The molecule has 0 spiro atoms. The van der Waals surface area contributed by atoms with Gasteiger partial charge >= 0.3 is 36.5 Å². The van der Waals surface area contributed by atoms with Crippen LogP contribution in [0.5, 0.6) is 5.75 Å². The van der Waals surface area contributed by atoms with Crippen LogP contribution in [0.3, 0.4) is 0 Å². The number of benzene rings is 7. The first-order chi connectivity index (χ1) is 69.5. The number of aromatic nitrogens is 16. The topological polar surface area (TPSA) is 633 Å². The number of nitrogens with two attached hydrogens (primary N) is 4. The molecular weight excluding hydrogens is 1970 g/mol. The number of rotatable bonds is 48. The van der Waals surface area contributed by atoms with Crippen LogP contribution < -0.4 is 49.9 Å². The van der Waals surface area contributed by atoms with Crippen molar-refractivity contribution in [2.24, 2.45) is 0 Å². The molecular formula is C93H105FN20O27P4. The van der Waals surface area contributed by atoms with Gasteiger partial charge < -0.3 is 92.5 Å². The minimum Gasteiger partial charge on any atom is -0.496 e. The van der Waals surface area contributed by atoms with Crippen LogP contribution in [0.2, 0.25) is 0 Å². The van der Waals surface area contributed by atoms with Crippen molar-refractivity contribution in [3.8, 4) is 5.75 Å². The fourth-order valence-electron chi connectivity index (χ4n) is 13.0. The third kappa shape index (κ3) is 32.8. The maximum Gasteiger partial charge on any atom is 0.510 e. The number of nitrogens with one attached hydrogen (secondary N) is 4. The molecule has 15 rings (SSSR count). The zero-order valence-corrected chi connectivity index (χ0v) is 83.1. The van der Waals surface area contributed by atoms with E-state index in [4.69, 9.17) is 82.8 Å². The van der Waals surface area contributed by atoms with E-state index in [1.54, 1.807) is 60.7 Å². The number of nitrogen functional groups attached to an aromatic ring is 4. The van der Waals surface area contributed by atoms with Crippen molar-refractivity contribution in [3.05, 3.63) is 309 Å². The van der Waals surface area contributed by atoms with E-state index in [1.807, 2.05) is 138 Å². The molecule has 12 N–H and O–H groups in total. The number of anilines is 4. The number of fused-ring (bicyclic) bond motifs is 4. The number of imidazole rings is 4. The highest BCUT2D eigenvalue weighted by Crippen LogP contribution is 2.52. The Bertz CT molecular complexity index is 7190. The first-order valence-electron chi connectivity index (χ1n) is 44.2. The van der Waals surface area contributed by atoms with Gasteiger partial charge in [-0.3, -0.25) is 89.9 Å². The van der Waals surface area contributed by atoms with E-state index >= 15 is 0 Å². The largest absolute Gasteiger partial charge is 0.510 e. The highest BCUT2D eigenvalue weighted by molar-refractivity contribution is 7.54. The number of H-pyrrole nitrogens is 4. The number of carbonyl (C=O) groups excluding carboxylic acids is 4. The van der Waals surface area contributed by atoms with E-state index < -0.39 is 116 Å². The summed E-state index contributed by atoms with van der Waals surface area (Å²) in [5, 5.41) is 0. The molecule has 0 aliphatic carbocycles. The summed E-state index contributed by atoms with van der Waals surface area (Å²) < 4.78 is 154. The van der Waals surface area contributed by atoms with Crippen LogP contribution in [-0.4, -0.2) is 194 Å². The van der Waals surface area contributed by atoms with E-state index in [-0.39, 0.29) is 154 Å². The van der Waals surface area contributed by atoms with Crippen molar-refractivity contribution in [1.29, 1.82) is 0 Å². The van der Waals surface area contributed by atoms with Gasteiger partial charge in [0.25, 0.3) is 22.2 Å². The number of hydrogen-bond acceptors (Lipinski definition) is 39. The van der Waals surface area contributed by atoms with Gasteiger partial charge in [-0.15, -0.1) is 0 Å². The predicted octanol–water partition coefficient (Wildman–Crippen LogP) is 12.5. The van der Waals surface area contributed by atoms with Crippen molar-refractivity contribution in [1.82, 2.24) is 78.1 Å². The minimum absolute atomic E-state index is 0.00215. The first kappa shape index (κ1) is 109. The maximum absolute atomic E-state index is 13.6. The number of methoxy groups -OCH3 is 2. The molecule has 0 saturated carbocycles. The monoisotopic (exact) mass is 2080 g/mol. The average molecular weight is 2080 g/mol. The lowest BCUT2D eigenvalue weighted by atomic mass is 10.1. The zero-order chi connectivity index (χ0) is 104. The lowest BCUT2D eigenvalue weighted by Crippen LogP contribution is -2.14. The van der Waals surface area contributed by atoms with Crippen LogP contribution in [0.15, 0.2) is 214 Å². The number of aryl methyl sites for hydroxylation is 5. The highest BCUT2D eigenvalue weighted by Gasteiger charge is 2.33. The summed E-state index contributed by atoms with van der Waals surface area (Å²) in [4.78, 5) is 139. The molecule has 7 aromatic carbocycles. The minimum atomic E-state index is -3.88. The molecule has 4 atom stereocenters. The van der Waals surface area contributed by atoms with Crippen molar-refractivity contribution in [2.75, 3.05) is 116 Å². The average Bonchev–Trinajstić information content (AvgIpc) is 1.68. The third-order valence-corrected chi connectivity index (χ3v) is 27.0. The summed E-state index contributed by atoms with van der Waals surface area (Å²) in [6.07, 6.45) is 3.12. The normalized spacial score (nSPS) is 13.0. The van der Waals surface area contributed by atoms with Crippen molar-refractivity contribution < 1.29 is 111 Å². The molecule has 15 aromatic rings. The zero-order valence-electron chi connectivity index (χ0n) is 79.5. The fourth-order valence-corrected chi connectivity index (χ4v) is 17.8. The fraction of sp³-hybridized carbons (Fsp3) is 0.290. The molecule has 0 amide bonds. The summed E-state index contributed by atoms with van der Waals surface area (Å²) in [5.74, 6) is -1.26. The number of carbonyl (C=O) groups is 4. The van der Waals surface area contributed by atoms with Gasteiger partial charge in [-0.05, 0) is 92.8 Å². The molecule has 0 aliphatic rings. The second-order valence-corrected chi connectivity index (χ2v) is 39.9. The van der Waals surface area contributed by atoms with E-state index in [0.29, 0.717) is 33.8 Å². The van der Waals surface area contributed by atoms with Crippen LogP contribution in [0, 0.1) is 40.4 Å². The van der Waals surface area contributed by atoms with Gasteiger partial charge in [0.1, 0.15) is 56.8 Å². The molecule has 4 unspecified atom stereocenters. The van der Waals surface area contributed by atoms with Gasteiger partial charge in [0.05, 0.1) is 92.4 Å². The Balaban J connectivity index is 0.000000173. The Morgan fingerprint density at radius 2 is 0.641 bits per heavy atom. The molecule has 8 heterocycles. The van der Waals surface area contributed by atoms with E-state index in [2.05, 4.69) is 69.3 Å². The standard InChI is InChI=1S/C26H30N5O7P.C25H28N5O6P.C24H25FN5O6P.C18H22N5O8P/c1-17-4-7-19(8-5-17)13-37-39(34,38-14-21(32)20-9-6-18(2)22(12-20)35-3)16-36-11-10-31-15-28-23-24(31)29-26(27)30-25(23)33;1-17-3-7-19(8-4-17)13-35-37(33,36-14-21(31)20-9-5-18(2)6-10-20)16-34-12-11-30-15-27-22-23(30)28-25(26)29-24(22)32;1-16-2-4-17(5-3-16)12-35-37(33,36-13-20(31)18-6-8-19(25)9-7-18)15-34-11-10-30-14-27-21-22(30)28-24(26)29-23(21)32;1-27-18(25)29-11-31-32(26,30-9-13-5-3-2-4-6-13)12-28-8-7-23-10-20-14-15(23)21-17(19)22-16(14)24/h4-9,12,15H,10-11,13-14,16H2,1-3H3,(H3,27,29,30,33);3-10,15H,11-14,16H2,1-2H3,(H3,26,28,29,32);2-9,14H,10-13,15H2,1H3,(H3,26,28,29,32);2-6,10H,7-9,11-12H2,1H3,(H3,19,21,22,24). The quantitative estimate of drug-likeness (QED) is 0.00577. The Labute approximate surface area is 825 Å². The summed E-state index contributed by atoms with van der Waals surface area (Å²) in [5.41, 5.74) is 31.6. The van der Waals surface area contributed by atoms with Crippen molar-refractivity contribution >= 4 is 122 Å². The van der Waals surface area contributed by atoms with Gasteiger partial charge in [0.2, 0.25) is 30.6 Å². The number of Topliss-reactive ketones (excluding diaryl/α,β-unsaturated/α-hetero) is 3. The smallest absolute Gasteiger partial charge is 0.496 e. The SMILES string of the molecule is COC(=O)OCOP(=O)(COCCn1cnc2c(=O)[nH]c(N)nc21)OCc1ccccc1.COc1cc(C(=O)COP(=O)(COCCn2cnc3c(=O)[nH]c(N)nc32)OCc2ccc(C)cc2)ccc1C.Cc1ccc(COP(=O)(COCCn2cnc3c(=O)[nH]c(N)nc32)OCC(=O)c2ccc(C)cc2)cc1.Cc1ccc(COP(=O)(COCCn2cnc3c(=O)[nH]c(N)nc32)OCC(=O)c2ccc(F)cc2)cc1. The van der Waals surface area contributed by atoms with Crippen LogP contribution in [0.25, 0.3) is 44.7 Å². The molecule has 52 heteroatoms. The Morgan fingerprint density at radius 1 is 0.359 bits per heavy atom. The van der Waals surface area contributed by atoms with Crippen molar-refractivity contribution in [2.45, 2.75) is 87.2 Å². The highest BCUT2D eigenvalue weighted by atomic mass is 31.2. The predicted molar refractivity (Wildman–Crippen MR) is 529 cm³/mol. The summed E-state index contributed by atoms with van der Waals surface area (Å²) in [6, 6.07) is 48.6. The van der Waals surface area contributed by atoms with E-state index in [0.717, 1.165) is 69.3 Å². The van der Waals surface area contributed by atoms with Gasteiger partial charge in [-0.2, -0.15) is 19.9 Å². The van der Waals surface area contributed by atoms with Gasteiger partial charge in [-0.25, -0.2) is 29.1 Å². The van der Waals surface area contributed by atoms with Gasteiger partial charge in [0, 0.05) is 42.9 Å². The number of ether oxygens (including phenoxy) is 7. The molecule has 0 aliphatic heterocycles. The second kappa shape index (κ2) is 52.2. The molecule has 47 nitrogen and oxygen atoms in total. The molecule has 145 heavy (non-hydrogen) atoms. The molecule has 8 aromatic heterocycles. The van der Waals surface area contributed by atoms with Gasteiger partial charge in [0.15, 0.2) is 62.0 Å². The van der Waals surface area contributed by atoms with Crippen LogP contribution in [0.1, 0.15) is 81.1 Å². The van der Waals surface area contributed by atoms with Crippen molar-refractivity contribution in [3.63, 3.8) is 0 Å². The van der Waals surface area contributed by atoms with Crippen LogP contribution >= 0.6 is 30.4 Å². The summed E-state index contributed by atoms with van der Waals surface area (Å²) >= 11 is 0. The molecule has 0 bridgehead atoms. The Morgan fingerprint density at radius 3 is 0.952 bits per heavy atom. The second-order valence-electron chi connectivity index (χ2n) is 31.9. The number of nitrogens with zero attached hydrogens (tertiary/aromatic N) is 12. The van der Waals surface area contributed by atoms with E-state index in [9.17, 15) is 61.0 Å². The molecule has 766 valence electrons. The molecule has 0 radical (unpaired) electrons. The Hall–Kier alpha value is -14.4. The van der Waals surface area contributed by atoms with E-state index in [1.165, 1.54) is 44.6 Å². The lowest BCUT2D eigenvalue weighted by Gasteiger charge is -2.19. The number of halogens is 1. The van der Waals surface area contributed by atoms with Gasteiger partial charge in [-0.1, -0.05) is 162 Å². The first-order valence-corrected chi connectivity index (χ1v) is 51.1. The molecule has 0 fully saturated rings.